The summed E-state index contributed by atoms with van der Waals surface area (Å²) in [6.07, 6.45) is -2.11. The summed E-state index contributed by atoms with van der Waals surface area (Å²) in [6.45, 7) is 0.985. The van der Waals surface area contributed by atoms with E-state index in [-0.39, 0.29) is 11.6 Å². The van der Waals surface area contributed by atoms with E-state index in [0.717, 1.165) is 8.99 Å². The van der Waals surface area contributed by atoms with E-state index in [4.69, 9.17) is 0 Å². The van der Waals surface area contributed by atoms with Crippen LogP contribution in [0.15, 0.2) is 40.9 Å². The molecule has 2 N–H and O–H groups in total. The highest BCUT2D eigenvalue weighted by Crippen LogP contribution is 2.17. The highest BCUT2D eigenvalue weighted by Gasteiger charge is 2.16. The van der Waals surface area contributed by atoms with E-state index in [1.165, 1.54) is 0 Å². The molecule has 2 heterocycles. The first-order chi connectivity index (χ1) is 12.5. The zero-order valence-electron chi connectivity index (χ0n) is 13.5. The minimum atomic E-state index is -2.75. The molecule has 1 aromatic carbocycles. The van der Waals surface area contributed by atoms with E-state index in [9.17, 15) is 13.6 Å². The third-order valence-electron chi connectivity index (χ3n) is 3.51. The lowest BCUT2D eigenvalue weighted by Gasteiger charge is -2.08. The maximum atomic E-state index is 12.8. The number of carbonyl (C=O) groups is 1. The molecule has 3 rings (SSSR count). The molecule has 10 heteroatoms. The molecule has 0 unspecified atom stereocenters. The summed E-state index contributed by atoms with van der Waals surface area (Å²) < 4.78 is 27.5. The van der Waals surface area contributed by atoms with Crippen molar-refractivity contribution in [3.05, 3.63) is 52.3 Å². The molecule has 0 saturated heterocycles. The molecule has 26 heavy (non-hydrogen) atoms. The molecule has 7 nitrogen and oxygen atoms in total. The van der Waals surface area contributed by atoms with Gasteiger partial charge in [-0.05, 0) is 36.8 Å². The number of nitrogens with zero attached hydrogens (tertiary/aromatic N) is 4. The van der Waals surface area contributed by atoms with Gasteiger partial charge in [-0.25, -0.2) is 8.78 Å². The maximum absolute atomic E-state index is 12.8. The monoisotopic (exact) mass is 424 g/mol. The molecule has 0 fully saturated rings. The summed E-state index contributed by atoms with van der Waals surface area (Å²) in [5.74, 6) is -0.223. The maximum Gasteiger partial charge on any atom is 0.299 e. The normalized spacial score (nSPS) is 11.1. The molecular formula is C16H15BrF2N6O. The Labute approximate surface area is 155 Å². The molecule has 0 atom stereocenters. The van der Waals surface area contributed by atoms with E-state index in [0.29, 0.717) is 30.9 Å². The van der Waals surface area contributed by atoms with Crippen molar-refractivity contribution in [1.29, 1.82) is 0 Å². The van der Waals surface area contributed by atoms with Gasteiger partial charge >= 0.3 is 0 Å². The van der Waals surface area contributed by atoms with Gasteiger partial charge in [-0.2, -0.15) is 4.52 Å². The van der Waals surface area contributed by atoms with Gasteiger partial charge in [-0.15, -0.1) is 15.3 Å². The van der Waals surface area contributed by atoms with E-state index < -0.39 is 12.2 Å². The first-order valence-electron chi connectivity index (χ1n) is 7.83. The Kier molecular flexibility index (Phi) is 5.71. The van der Waals surface area contributed by atoms with Crippen molar-refractivity contribution in [1.82, 2.24) is 25.1 Å². The fourth-order valence-corrected chi connectivity index (χ4v) is 2.67. The number of aromatic nitrogens is 4. The quantitative estimate of drug-likeness (QED) is 0.569. The number of hydrogen-bond donors (Lipinski definition) is 2. The first kappa shape index (κ1) is 18.2. The molecule has 0 aliphatic heterocycles. The molecule has 0 radical (unpaired) electrons. The fourth-order valence-electron chi connectivity index (χ4n) is 2.27. The van der Waals surface area contributed by atoms with Crippen LogP contribution in [0, 0.1) is 0 Å². The number of halogens is 3. The van der Waals surface area contributed by atoms with Crippen LogP contribution < -0.4 is 10.6 Å². The summed E-state index contributed by atoms with van der Waals surface area (Å²) in [5.41, 5.74) is 0.832. The minimum Gasteiger partial charge on any atom is -0.369 e. The van der Waals surface area contributed by atoms with Crippen molar-refractivity contribution in [2.24, 2.45) is 0 Å². The van der Waals surface area contributed by atoms with Crippen LogP contribution in [-0.4, -0.2) is 38.8 Å². The summed E-state index contributed by atoms with van der Waals surface area (Å²) >= 11 is 3.32. The van der Waals surface area contributed by atoms with Crippen LogP contribution in [0.3, 0.4) is 0 Å². The highest BCUT2D eigenvalue weighted by molar-refractivity contribution is 9.10. The Balaban J connectivity index is 1.48. The molecule has 0 aliphatic rings. The van der Waals surface area contributed by atoms with Crippen molar-refractivity contribution in [2.45, 2.75) is 12.8 Å². The molecule has 2 aromatic heterocycles. The largest absolute Gasteiger partial charge is 0.369 e. The van der Waals surface area contributed by atoms with Crippen molar-refractivity contribution in [3.8, 4) is 0 Å². The van der Waals surface area contributed by atoms with E-state index in [1.54, 1.807) is 30.3 Å². The lowest BCUT2D eigenvalue weighted by Crippen LogP contribution is -2.25. The number of rotatable bonds is 7. The number of carbonyl (C=O) groups excluding carboxylic acids is 1. The summed E-state index contributed by atoms with van der Waals surface area (Å²) in [6, 6.07) is 10.3. The average molecular weight is 425 g/mol. The second-order valence-corrected chi connectivity index (χ2v) is 6.31. The van der Waals surface area contributed by atoms with Gasteiger partial charge in [0.25, 0.3) is 12.3 Å². The molecule has 136 valence electrons. The van der Waals surface area contributed by atoms with E-state index in [1.807, 2.05) is 6.07 Å². The van der Waals surface area contributed by atoms with Crippen LogP contribution >= 0.6 is 15.9 Å². The number of hydrogen-bond acceptors (Lipinski definition) is 5. The van der Waals surface area contributed by atoms with Gasteiger partial charge in [0.2, 0.25) is 5.82 Å². The number of anilines is 1. The summed E-state index contributed by atoms with van der Waals surface area (Å²) in [4.78, 5) is 12.0. The third kappa shape index (κ3) is 4.31. The van der Waals surface area contributed by atoms with Gasteiger partial charge in [0.1, 0.15) is 5.82 Å². The van der Waals surface area contributed by atoms with Crippen molar-refractivity contribution >= 4 is 33.3 Å². The Bertz CT molecular complexity index is 917. The van der Waals surface area contributed by atoms with Crippen LogP contribution in [0.5, 0.6) is 0 Å². The molecule has 0 spiro atoms. The number of fused-ring (bicyclic) bond motifs is 1. The first-order valence-corrected chi connectivity index (χ1v) is 8.62. The molecule has 0 saturated carbocycles. The Morgan fingerprint density at radius 2 is 2.04 bits per heavy atom. The van der Waals surface area contributed by atoms with Gasteiger partial charge in [0.15, 0.2) is 5.65 Å². The summed E-state index contributed by atoms with van der Waals surface area (Å²) in [7, 11) is 0. The van der Waals surface area contributed by atoms with Crippen LogP contribution in [-0.2, 0) is 0 Å². The predicted molar refractivity (Wildman–Crippen MR) is 95.3 cm³/mol. The van der Waals surface area contributed by atoms with Gasteiger partial charge < -0.3 is 10.6 Å². The zero-order valence-corrected chi connectivity index (χ0v) is 15.1. The van der Waals surface area contributed by atoms with Crippen LogP contribution in [0.2, 0.25) is 0 Å². The SMILES string of the molecule is O=C(NCCCNc1ccc2nnc(C(F)F)n2n1)c1cccc(Br)c1. The lowest BCUT2D eigenvalue weighted by atomic mass is 10.2. The Hall–Kier alpha value is -2.62. The average Bonchev–Trinajstić information content (AvgIpc) is 3.04. The van der Waals surface area contributed by atoms with Crippen LogP contribution in [0.4, 0.5) is 14.6 Å². The van der Waals surface area contributed by atoms with Crippen LogP contribution in [0.1, 0.15) is 29.0 Å². The second-order valence-electron chi connectivity index (χ2n) is 5.39. The minimum absolute atomic E-state index is 0.156. The molecule has 3 aromatic rings. The second kappa shape index (κ2) is 8.17. The van der Waals surface area contributed by atoms with Gasteiger partial charge in [-0.1, -0.05) is 22.0 Å². The Morgan fingerprint density at radius 1 is 1.19 bits per heavy atom. The highest BCUT2D eigenvalue weighted by atomic mass is 79.9. The predicted octanol–water partition coefficient (Wildman–Crippen LogP) is 3.06. The Morgan fingerprint density at radius 3 is 2.81 bits per heavy atom. The van der Waals surface area contributed by atoms with Crippen molar-refractivity contribution in [3.63, 3.8) is 0 Å². The molecule has 0 aliphatic carbocycles. The topological polar surface area (TPSA) is 84.2 Å². The third-order valence-corrected chi connectivity index (χ3v) is 4.01. The zero-order chi connectivity index (χ0) is 18.5. The lowest BCUT2D eigenvalue weighted by molar-refractivity contribution is 0.0953. The van der Waals surface area contributed by atoms with Gasteiger partial charge in [0, 0.05) is 23.1 Å². The number of benzene rings is 1. The fraction of sp³-hybridized carbons (Fsp3) is 0.250. The number of amides is 1. The van der Waals surface area contributed by atoms with Gasteiger partial charge in [-0.3, -0.25) is 4.79 Å². The molecule has 1 amide bonds. The summed E-state index contributed by atoms with van der Waals surface area (Å²) in [5, 5.41) is 17.0. The molecular weight excluding hydrogens is 410 g/mol. The standard InChI is InChI=1S/C16H15BrF2N6O/c17-11-4-1-3-10(9-11)16(26)21-8-2-7-20-12-5-6-13-22-23-15(14(18)19)25(13)24-12/h1,3-6,9,14H,2,7-8H2,(H,20,24)(H,21,26). The van der Waals surface area contributed by atoms with E-state index >= 15 is 0 Å². The van der Waals surface area contributed by atoms with Crippen LogP contribution in [0.25, 0.3) is 5.65 Å². The molecule has 0 bridgehead atoms. The van der Waals surface area contributed by atoms with Crippen molar-refractivity contribution < 1.29 is 13.6 Å². The number of alkyl halides is 2. The smallest absolute Gasteiger partial charge is 0.299 e. The number of nitrogens with one attached hydrogen (secondary N) is 2. The van der Waals surface area contributed by atoms with Gasteiger partial charge in [0.05, 0.1) is 0 Å². The van der Waals surface area contributed by atoms with Crippen molar-refractivity contribution in [2.75, 3.05) is 18.4 Å². The van der Waals surface area contributed by atoms with E-state index in [2.05, 4.69) is 41.9 Å².